The zero-order valence-electron chi connectivity index (χ0n) is 9.88. The van der Waals surface area contributed by atoms with Crippen molar-refractivity contribution in [3.05, 3.63) is 0 Å². The van der Waals surface area contributed by atoms with E-state index in [1.165, 1.54) is 0 Å². The van der Waals surface area contributed by atoms with Crippen LogP contribution in [0.1, 0.15) is 27.7 Å². The van der Waals surface area contributed by atoms with Crippen LogP contribution in [0, 0.1) is 0 Å². The molecule has 2 unspecified atom stereocenters. The molecule has 96 valence electrons. The molecule has 0 radical (unpaired) electrons. The number of hydrogen-bond acceptors (Lipinski definition) is 7. The first kappa shape index (κ1) is 16.6. The molecule has 0 saturated heterocycles. The average Bonchev–Trinajstić information content (AvgIpc) is 1.99. The minimum absolute atomic E-state index is 0.616. The number of rotatable bonds is 6. The van der Waals surface area contributed by atoms with Gasteiger partial charge in [0.15, 0.2) is 12.5 Å². The molecular weight excluding hydrogens is 267 g/mol. The lowest BCUT2D eigenvalue weighted by Crippen LogP contribution is -2.42. The highest BCUT2D eigenvalue weighted by atomic mass is 32.1. The fraction of sp³-hybridized carbons (Fsp3) is 1.00. The highest BCUT2D eigenvalue weighted by molar-refractivity contribution is 7.82. The van der Waals surface area contributed by atoms with Crippen LogP contribution in [0.25, 0.3) is 0 Å². The molecule has 0 aliphatic rings. The zero-order valence-corrected chi connectivity index (χ0v) is 12.6. The van der Waals surface area contributed by atoms with E-state index >= 15 is 0 Å². The molecule has 0 bridgehead atoms. The van der Waals surface area contributed by atoms with E-state index in [1.807, 2.05) is 0 Å². The van der Waals surface area contributed by atoms with Crippen molar-refractivity contribution in [3.8, 4) is 0 Å². The van der Waals surface area contributed by atoms with Gasteiger partial charge in [-0.3, -0.25) is 0 Å². The van der Waals surface area contributed by atoms with Crippen molar-refractivity contribution in [2.75, 3.05) is 0 Å². The van der Waals surface area contributed by atoms with Crippen LogP contribution in [0.2, 0.25) is 0 Å². The summed E-state index contributed by atoms with van der Waals surface area (Å²) in [6.07, 6.45) is -1.62. The summed E-state index contributed by atoms with van der Waals surface area (Å²) < 4.78 is 20.1. The normalized spacial score (nSPS) is 18.1. The quantitative estimate of drug-likeness (QED) is 0.339. The van der Waals surface area contributed by atoms with Gasteiger partial charge in [-0.15, -0.1) is 0 Å². The first-order valence-corrected chi connectivity index (χ1v) is 6.70. The minimum atomic E-state index is -2.39. The lowest BCUT2D eigenvalue weighted by Gasteiger charge is -2.22. The number of hydrogen-bond donors (Lipinski definition) is 4. The average molecular weight is 287 g/mol. The standard InChI is InChI=1S/C8H19N2O3PS2/c1-7(2,15)5(9)12-14(11)13-6(10)8(3,4)16/h5-6H,9-10H2,1-4H3,(H-,15,16)/p+1. The summed E-state index contributed by atoms with van der Waals surface area (Å²) in [5.74, 6) is 0. The SMILES string of the molecule is CC(C)(S)C(N)O[P+](=O)OC(N)C(C)(C)S. The molecule has 0 saturated carbocycles. The second-order valence-electron chi connectivity index (χ2n) is 4.58. The molecule has 4 N–H and O–H groups in total. The Bertz CT molecular complexity index is 229. The van der Waals surface area contributed by atoms with E-state index < -0.39 is 30.2 Å². The first-order chi connectivity index (χ1) is 6.94. The number of thiol groups is 2. The van der Waals surface area contributed by atoms with Gasteiger partial charge in [-0.25, -0.2) is 0 Å². The smallest absolute Gasteiger partial charge is 0.301 e. The van der Waals surface area contributed by atoms with E-state index in [4.69, 9.17) is 20.5 Å². The maximum Gasteiger partial charge on any atom is 0.700 e. The van der Waals surface area contributed by atoms with Crippen LogP contribution in [-0.4, -0.2) is 21.9 Å². The topological polar surface area (TPSA) is 87.6 Å². The van der Waals surface area contributed by atoms with E-state index in [0.29, 0.717) is 0 Å². The molecule has 16 heavy (non-hydrogen) atoms. The predicted molar refractivity (Wildman–Crippen MR) is 71.9 cm³/mol. The second-order valence-corrected chi connectivity index (χ2v) is 7.76. The third-order valence-corrected chi connectivity index (χ3v) is 3.10. The van der Waals surface area contributed by atoms with Gasteiger partial charge in [0, 0.05) is 4.57 Å². The van der Waals surface area contributed by atoms with Crippen molar-refractivity contribution < 1.29 is 13.6 Å². The summed E-state index contributed by atoms with van der Waals surface area (Å²) in [5, 5.41) is 0. The molecule has 0 aliphatic heterocycles. The van der Waals surface area contributed by atoms with Crippen LogP contribution >= 0.6 is 33.5 Å². The fourth-order valence-corrected chi connectivity index (χ4v) is 1.69. The molecule has 0 fully saturated rings. The maximum absolute atomic E-state index is 11.4. The molecule has 0 rings (SSSR count). The van der Waals surface area contributed by atoms with Crippen LogP contribution in [-0.2, 0) is 13.6 Å². The second kappa shape index (κ2) is 6.00. The van der Waals surface area contributed by atoms with Gasteiger partial charge in [-0.1, -0.05) is 9.05 Å². The Hall–Kier alpha value is 0.640. The molecule has 8 heteroatoms. The van der Waals surface area contributed by atoms with Crippen molar-refractivity contribution >= 4 is 33.5 Å². The Labute approximate surface area is 108 Å². The number of nitrogens with two attached hydrogens (primary N) is 2. The van der Waals surface area contributed by atoms with Crippen molar-refractivity contribution in [2.24, 2.45) is 11.5 Å². The third-order valence-electron chi connectivity index (χ3n) is 1.79. The minimum Gasteiger partial charge on any atom is -0.301 e. The molecule has 5 nitrogen and oxygen atoms in total. The van der Waals surface area contributed by atoms with E-state index in [2.05, 4.69) is 25.3 Å². The molecule has 0 amide bonds. The van der Waals surface area contributed by atoms with Crippen molar-refractivity contribution in [2.45, 2.75) is 49.6 Å². The Kier molecular flexibility index (Phi) is 6.24. The van der Waals surface area contributed by atoms with Crippen LogP contribution in [0.5, 0.6) is 0 Å². The van der Waals surface area contributed by atoms with Crippen molar-refractivity contribution in [1.82, 2.24) is 0 Å². The van der Waals surface area contributed by atoms with E-state index in [1.54, 1.807) is 27.7 Å². The highest BCUT2D eigenvalue weighted by Crippen LogP contribution is 2.33. The van der Waals surface area contributed by atoms with Gasteiger partial charge in [-0.2, -0.15) is 25.3 Å². The van der Waals surface area contributed by atoms with Crippen LogP contribution < -0.4 is 11.5 Å². The van der Waals surface area contributed by atoms with Crippen LogP contribution in [0.15, 0.2) is 0 Å². The van der Waals surface area contributed by atoms with Gasteiger partial charge in [0.2, 0.25) is 0 Å². The van der Waals surface area contributed by atoms with Gasteiger partial charge >= 0.3 is 8.25 Å². The Morgan fingerprint density at radius 1 is 1.00 bits per heavy atom. The van der Waals surface area contributed by atoms with E-state index in [-0.39, 0.29) is 0 Å². The molecule has 0 aromatic rings. The summed E-state index contributed by atoms with van der Waals surface area (Å²) in [7, 11) is -2.39. The highest BCUT2D eigenvalue weighted by Gasteiger charge is 2.38. The molecular formula is C8H20N2O3PS2+. The summed E-state index contributed by atoms with van der Waals surface area (Å²) in [6.45, 7) is 6.97. The molecule has 0 heterocycles. The first-order valence-electron chi connectivity index (χ1n) is 4.71. The van der Waals surface area contributed by atoms with Gasteiger partial charge in [0.25, 0.3) is 0 Å². The Morgan fingerprint density at radius 3 is 1.44 bits per heavy atom. The predicted octanol–water partition coefficient (Wildman–Crippen LogP) is 1.66. The molecule has 0 spiro atoms. The summed E-state index contributed by atoms with van der Waals surface area (Å²) in [6, 6.07) is 0. The van der Waals surface area contributed by atoms with Gasteiger partial charge in [0.05, 0.1) is 9.49 Å². The van der Waals surface area contributed by atoms with Crippen molar-refractivity contribution in [1.29, 1.82) is 0 Å². The molecule has 2 atom stereocenters. The van der Waals surface area contributed by atoms with Crippen LogP contribution in [0.3, 0.4) is 0 Å². The van der Waals surface area contributed by atoms with Gasteiger partial charge in [0.1, 0.15) is 0 Å². The zero-order chi connectivity index (χ0) is 13.1. The summed E-state index contributed by atoms with van der Waals surface area (Å²) >= 11 is 8.38. The lowest BCUT2D eigenvalue weighted by molar-refractivity contribution is 0.108. The summed E-state index contributed by atoms with van der Waals surface area (Å²) in [4.78, 5) is 0. The summed E-state index contributed by atoms with van der Waals surface area (Å²) in [5.41, 5.74) is 11.2. The largest absolute Gasteiger partial charge is 0.700 e. The van der Waals surface area contributed by atoms with Gasteiger partial charge in [-0.05, 0) is 27.7 Å². The Balaban J connectivity index is 4.21. The molecule has 0 aromatic heterocycles. The maximum atomic E-state index is 11.4. The molecule has 0 aromatic carbocycles. The van der Waals surface area contributed by atoms with Gasteiger partial charge < -0.3 is 11.5 Å². The Morgan fingerprint density at radius 2 is 1.25 bits per heavy atom. The molecule has 0 aliphatic carbocycles. The third kappa shape index (κ3) is 6.39. The van der Waals surface area contributed by atoms with Crippen LogP contribution in [0.4, 0.5) is 0 Å². The van der Waals surface area contributed by atoms with Crippen molar-refractivity contribution in [3.63, 3.8) is 0 Å². The van der Waals surface area contributed by atoms with E-state index in [9.17, 15) is 4.57 Å². The fourth-order valence-electron chi connectivity index (χ4n) is 0.468. The lowest BCUT2D eigenvalue weighted by atomic mass is 10.2. The van der Waals surface area contributed by atoms with E-state index in [0.717, 1.165) is 0 Å². The monoisotopic (exact) mass is 287 g/mol.